The van der Waals surface area contributed by atoms with Crippen molar-refractivity contribution in [2.75, 3.05) is 24.4 Å². The van der Waals surface area contributed by atoms with Gasteiger partial charge in [0.05, 0.1) is 13.3 Å². The number of anilines is 2. The molecule has 192 valence electrons. The molecule has 3 aromatic carbocycles. The summed E-state index contributed by atoms with van der Waals surface area (Å²) in [6, 6.07) is 17.9. The van der Waals surface area contributed by atoms with Gasteiger partial charge in [0.15, 0.2) is 18.1 Å². The molecule has 0 unspecified atom stereocenters. The van der Waals surface area contributed by atoms with E-state index >= 15 is 0 Å². The molecule has 3 aromatic rings. The number of hydrogen-bond donors (Lipinski definition) is 3. The molecule has 0 aliphatic carbocycles. The van der Waals surface area contributed by atoms with Gasteiger partial charge in [-0.3, -0.25) is 14.4 Å². The van der Waals surface area contributed by atoms with Gasteiger partial charge in [0.25, 0.3) is 5.91 Å². The summed E-state index contributed by atoms with van der Waals surface area (Å²) in [5, 5.41) is 9.21. The lowest BCUT2D eigenvalue weighted by Gasteiger charge is -2.13. The van der Waals surface area contributed by atoms with Gasteiger partial charge in [-0.1, -0.05) is 37.3 Å². The van der Waals surface area contributed by atoms with Crippen LogP contribution in [-0.4, -0.2) is 37.7 Å². The van der Waals surface area contributed by atoms with Crippen LogP contribution in [0.15, 0.2) is 65.8 Å². The second-order valence-corrected chi connectivity index (χ2v) is 8.22. The van der Waals surface area contributed by atoms with Crippen molar-refractivity contribution >= 4 is 35.3 Å². The Balaban J connectivity index is 1.53. The van der Waals surface area contributed by atoms with Gasteiger partial charge in [0, 0.05) is 11.4 Å². The lowest BCUT2D eigenvalue weighted by molar-refractivity contribution is -0.136. The first-order valence-corrected chi connectivity index (χ1v) is 11.7. The lowest BCUT2D eigenvalue weighted by Crippen LogP contribution is -2.32. The normalized spacial score (nSPS) is 10.6. The van der Waals surface area contributed by atoms with Crippen molar-refractivity contribution in [1.82, 2.24) is 5.43 Å². The van der Waals surface area contributed by atoms with Crippen molar-refractivity contribution in [1.29, 1.82) is 0 Å². The minimum absolute atomic E-state index is 0.204. The van der Waals surface area contributed by atoms with E-state index < -0.39 is 11.8 Å². The fourth-order valence-corrected chi connectivity index (χ4v) is 3.44. The van der Waals surface area contributed by atoms with E-state index in [4.69, 9.17) is 9.47 Å². The van der Waals surface area contributed by atoms with E-state index in [1.54, 1.807) is 30.3 Å². The molecule has 0 aliphatic heterocycles. The maximum absolute atomic E-state index is 12.4. The first-order chi connectivity index (χ1) is 17.8. The topological polar surface area (TPSA) is 118 Å². The van der Waals surface area contributed by atoms with Gasteiger partial charge in [0.2, 0.25) is 0 Å². The van der Waals surface area contributed by atoms with Gasteiger partial charge in [-0.15, -0.1) is 0 Å². The largest absolute Gasteiger partial charge is 0.493 e. The van der Waals surface area contributed by atoms with Crippen LogP contribution in [-0.2, 0) is 20.8 Å². The number of amides is 3. The number of methoxy groups -OCH3 is 1. The van der Waals surface area contributed by atoms with Crippen molar-refractivity contribution in [3.63, 3.8) is 0 Å². The van der Waals surface area contributed by atoms with Crippen molar-refractivity contribution in [2.45, 2.75) is 27.2 Å². The van der Waals surface area contributed by atoms with Gasteiger partial charge in [0.1, 0.15) is 0 Å². The van der Waals surface area contributed by atoms with Crippen LogP contribution in [0.2, 0.25) is 0 Å². The average Bonchev–Trinajstić information content (AvgIpc) is 2.90. The Morgan fingerprint density at radius 1 is 0.892 bits per heavy atom. The number of carbonyl (C=O) groups excluding carboxylic acids is 3. The third-order valence-electron chi connectivity index (χ3n) is 5.50. The molecule has 3 N–H and O–H groups in total. The monoisotopic (exact) mass is 502 g/mol. The first-order valence-electron chi connectivity index (χ1n) is 11.7. The van der Waals surface area contributed by atoms with Gasteiger partial charge < -0.3 is 20.1 Å². The second kappa shape index (κ2) is 12.9. The number of ether oxygens (including phenoxy) is 2. The Hall–Kier alpha value is -4.66. The molecule has 37 heavy (non-hydrogen) atoms. The zero-order chi connectivity index (χ0) is 26.8. The highest BCUT2D eigenvalue weighted by Crippen LogP contribution is 2.28. The molecular formula is C28H30N4O5. The van der Waals surface area contributed by atoms with Gasteiger partial charge >= 0.3 is 11.8 Å². The molecule has 0 radical (unpaired) electrons. The predicted molar refractivity (Wildman–Crippen MR) is 143 cm³/mol. The van der Waals surface area contributed by atoms with Crippen molar-refractivity contribution in [3.8, 4) is 11.5 Å². The van der Waals surface area contributed by atoms with Crippen molar-refractivity contribution in [3.05, 3.63) is 82.9 Å². The molecule has 9 heteroatoms. The average molecular weight is 503 g/mol. The highest BCUT2D eigenvalue weighted by atomic mass is 16.5. The van der Waals surface area contributed by atoms with Gasteiger partial charge in [-0.2, -0.15) is 5.10 Å². The quantitative estimate of drug-likeness (QED) is 0.232. The molecule has 0 saturated heterocycles. The first kappa shape index (κ1) is 26.9. The standard InChI is InChI=1S/C28H30N4O5/c1-5-20-9-12-22(13-10-20)30-27(34)28(35)32-29-16-21-11-14-23(24(15-21)36-4)37-17-25(33)31-26-18(2)7-6-8-19(26)3/h6-16H,5,17H2,1-4H3,(H,30,34)(H,31,33)(H,32,35)/b29-16-. The number of hydrazone groups is 1. The summed E-state index contributed by atoms with van der Waals surface area (Å²) in [5.41, 5.74) is 7.11. The Morgan fingerprint density at radius 3 is 2.24 bits per heavy atom. The summed E-state index contributed by atoms with van der Waals surface area (Å²) in [5.74, 6) is -1.29. The van der Waals surface area contributed by atoms with Crippen molar-refractivity contribution < 1.29 is 23.9 Å². The minimum atomic E-state index is -0.905. The van der Waals surface area contributed by atoms with Crippen LogP contribution in [0, 0.1) is 13.8 Å². The second-order valence-electron chi connectivity index (χ2n) is 8.22. The Kier molecular flexibility index (Phi) is 9.37. The van der Waals surface area contributed by atoms with Crippen LogP contribution in [0.5, 0.6) is 11.5 Å². The number of aryl methyl sites for hydroxylation is 3. The number of rotatable bonds is 9. The number of nitrogens with zero attached hydrogens (tertiary/aromatic N) is 1. The Bertz CT molecular complexity index is 1280. The zero-order valence-corrected chi connectivity index (χ0v) is 21.3. The Morgan fingerprint density at radius 2 is 1.59 bits per heavy atom. The molecule has 0 aromatic heterocycles. The van der Waals surface area contributed by atoms with E-state index in [1.807, 2.05) is 51.1 Å². The smallest absolute Gasteiger partial charge is 0.329 e. The molecule has 3 amide bonds. The number of nitrogens with one attached hydrogen (secondary N) is 3. The summed E-state index contributed by atoms with van der Waals surface area (Å²) in [6.45, 7) is 5.67. The summed E-state index contributed by atoms with van der Waals surface area (Å²) in [7, 11) is 1.47. The molecule has 9 nitrogen and oxygen atoms in total. The van der Waals surface area contributed by atoms with Crippen LogP contribution in [0.25, 0.3) is 0 Å². The predicted octanol–water partition coefficient (Wildman–Crippen LogP) is 3.98. The van der Waals surface area contributed by atoms with Crippen LogP contribution in [0.1, 0.15) is 29.2 Å². The van der Waals surface area contributed by atoms with Crippen LogP contribution < -0.4 is 25.5 Å². The third kappa shape index (κ3) is 7.66. The van der Waals surface area contributed by atoms with Crippen LogP contribution in [0.4, 0.5) is 11.4 Å². The molecule has 0 saturated carbocycles. The SMILES string of the molecule is CCc1ccc(NC(=O)C(=O)N/N=C\c2ccc(OCC(=O)Nc3c(C)cccc3C)c(OC)c2)cc1. The maximum atomic E-state index is 12.4. The number of para-hydroxylation sites is 1. The van der Waals surface area contributed by atoms with E-state index in [0.29, 0.717) is 22.7 Å². The molecular weight excluding hydrogens is 472 g/mol. The van der Waals surface area contributed by atoms with E-state index in [2.05, 4.69) is 21.2 Å². The number of hydrogen-bond acceptors (Lipinski definition) is 6. The molecule has 0 spiro atoms. The van der Waals surface area contributed by atoms with E-state index in [1.165, 1.54) is 13.3 Å². The molecule has 0 fully saturated rings. The van der Waals surface area contributed by atoms with E-state index in [0.717, 1.165) is 28.8 Å². The van der Waals surface area contributed by atoms with E-state index in [9.17, 15) is 14.4 Å². The summed E-state index contributed by atoms with van der Waals surface area (Å²) in [6.07, 6.45) is 2.24. The molecule has 0 heterocycles. The fourth-order valence-electron chi connectivity index (χ4n) is 3.44. The molecule has 3 rings (SSSR count). The highest BCUT2D eigenvalue weighted by Gasteiger charge is 2.13. The molecule has 0 atom stereocenters. The summed E-state index contributed by atoms with van der Waals surface area (Å²) >= 11 is 0. The number of carbonyl (C=O) groups is 3. The van der Waals surface area contributed by atoms with Crippen molar-refractivity contribution in [2.24, 2.45) is 5.10 Å². The van der Waals surface area contributed by atoms with E-state index in [-0.39, 0.29) is 12.5 Å². The summed E-state index contributed by atoms with van der Waals surface area (Å²) < 4.78 is 11.0. The molecule has 0 bridgehead atoms. The van der Waals surface area contributed by atoms with Crippen LogP contribution >= 0.6 is 0 Å². The summed E-state index contributed by atoms with van der Waals surface area (Å²) in [4.78, 5) is 36.5. The van der Waals surface area contributed by atoms with Gasteiger partial charge in [-0.05, 0) is 72.9 Å². The minimum Gasteiger partial charge on any atom is -0.493 e. The lowest BCUT2D eigenvalue weighted by atomic mass is 10.1. The molecule has 0 aliphatic rings. The Labute approximate surface area is 215 Å². The zero-order valence-electron chi connectivity index (χ0n) is 21.3. The number of benzene rings is 3. The third-order valence-corrected chi connectivity index (χ3v) is 5.50. The van der Waals surface area contributed by atoms with Gasteiger partial charge in [-0.25, -0.2) is 5.43 Å². The highest BCUT2D eigenvalue weighted by molar-refractivity contribution is 6.39. The maximum Gasteiger partial charge on any atom is 0.329 e. The fraction of sp³-hybridized carbons (Fsp3) is 0.214. The van der Waals surface area contributed by atoms with Crippen LogP contribution in [0.3, 0.4) is 0 Å².